The molecule has 108 valence electrons. The van der Waals surface area contributed by atoms with Gasteiger partial charge in [-0.1, -0.05) is 23.7 Å². The molecular formula is C15H18ClFN2S. The van der Waals surface area contributed by atoms with E-state index < -0.39 is 5.82 Å². The summed E-state index contributed by atoms with van der Waals surface area (Å²) in [7, 11) is 2.01. The van der Waals surface area contributed by atoms with Crippen LogP contribution in [-0.2, 0) is 0 Å². The predicted octanol–water partition coefficient (Wildman–Crippen LogP) is 4.23. The number of thiophene rings is 1. The van der Waals surface area contributed by atoms with E-state index in [1.807, 2.05) is 19.2 Å². The molecule has 2 aromatic rings. The third-order valence-electron chi connectivity index (χ3n) is 3.61. The van der Waals surface area contributed by atoms with Crippen molar-refractivity contribution < 1.29 is 4.39 Å². The van der Waals surface area contributed by atoms with Gasteiger partial charge in [0.2, 0.25) is 0 Å². The molecule has 2 N–H and O–H groups in total. The fourth-order valence-corrected chi connectivity index (χ4v) is 3.21. The molecule has 1 aromatic heterocycles. The first-order valence-electron chi connectivity index (χ1n) is 6.45. The SMILES string of the molecule is CC(c1cccs1)N(C)C(CN)c1ccc(Cl)c(F)c1. The molecular weight excluding hydrogens is 295 g/mol. The number of hydrogen-bond donors (Lipinski definition) is 1. The summed E-state index contributed by atoms with van der Waals surface area (Å²) in [5.41, 5.74) is 6.74. The number of hydrogen-bond acceptors (Lipinski definition) is 3. The van der Waals surface area contributed by atoms with Crippen LogP contribution in [0.15, 0.2) is 35.7 Å². The normalized spacial score (nSPS) is 14.5. The van der Waals surface area contributed by atoms with Crippen molar-refractivity contribution in [3.8, 4) is 0 Å². The van der Waals surface area contributed by atoms with Crippen molar-refractivity contribution in [3.05, 3.63) is 57.0 Å². The minimum atomic E-state index is -0.403. The molecule has 2 nitrogen and oxygen atoms in total. The summed E-state index contributed by atoms with van der Waals surface area (Å²) >= 11 is 7.44. The Morgan fingerprint density at radius 2 is 2.15 bits per heavy atom. The Labute approximate surface area is 128 Å². The van der Waals surface area contributed by atoms with Crippen LogP contribution < -0.4 is 5.73 Å². The molecule has 0 fully saturated rings. The lowest BCUT2D eigenvalue weighted by atomic mass is 10.0. The average molecular weight is 313 g/mol. The van der Waals surface area contributed by atoms with Crippen molar-refractivity contribution in [1.82, 2.24) is 4.90 Å². The lowest BCUT2D eigenvalue weighted by Crippen LogP contribution is -2.32. The second kappa shape index (κ2) is 6.68. The molecule has 2 atom stereocenters. The van der Waals surface area contributed by atoms with Gasteiger partial charge in [0.15, 0.2) is 0 Å². The van der Waals surface area contributed by atoms with Gasteiger partial charge < -0.3 is 5.73 Å². The third kappa shape index (κ3) is 3.20. The number of nitrogens with two attached hydrogens (primary N) is 1. The van der Waals surface area contributed by atoms with Crippen molar-refractivity contribution >= 4 is 22.9 Å². The molecule has 0 aliphatic heterocycles. The molecule has 20 heavy (non-hydrogen) atoms. The Morgan fingerprint density at radius 3 is 2.70 bits per heavy atom. The minimum absolute atomic E-state index is 0.0427. The zero-order valence-corrected chi connectivity index (χ0v) is 13.1. The highest BCUT2D eigenvalue weighted by Crippen LogP contribution is 2.31. The summed E-state index contributed by atoms with van der Waals surface area (Å²) in [5, 5.41) is 2.19. The van der Waals surface area contributed by atoms with Gasteiger partial charge in [0.05, 0.1) is 5.02 Å². The van der Waals surface area contributed by atoms with E-state index in [1.54, 1.807) is 17.4 Å². The van der Waals surface area contributed by atoms with E-state index in [0.717, 1.165) is 5.56 Å². The van der Waals surface area contributed by atoms with Gasteiger partial charge in [-0.15, -0.1) is 11.3 Å². The fraction of sp³-hybridized carbons (Fsp3) is 0.333. The second-order valence-corrected chi connectivity index (χ2v) is 6.17. The zero-order valence-electron chi connectivity index (χ0n) is 11.5. The van der Waals surface area contributed by atoms with Crippen LogP contribution in [0.25, 0.3) is 0 Å². The Morgan fingerprint density at radius 1 is 1.40 bits per heavy atom. The van der Waals surface area contributed by atoms with Crippen LogP contribution in [0.2, 0.25) is 5.02 Å². The number of likely N-dealkylation sites (N-methyl/N-ethyl adjacent to an activating group) is 1. The molecule has 1 aromatic carbocycles. The summed E-state index contributed by atoms with van der Waals surface area (Å²) in [5.74, 6) is -0.403. The number of nitrogens with zero attached hydrogens (tertiary/aromatic N) is 1. The van der Waals surface area contributed by atoms with Gasteiger partial charge in [-0.25, -0.2) is 4.39 Å². The van der Waals surface area contributed by atoms with Crippen molar-refractivity contribution in [2.24, 2.45) is 5.73 Å². The number of benzene rings is 1. The van der Waals surface area contributed by atoms with E-state index in [9.17, 15) is 4.39 Å². The Kier molecular flexibility index (Phi) is 5.16. The summed E-state index contributed by atoms with van der Waals surface area (Å²) < 4.78 is 13.6. The molecule has 0 aliphatic carbocycles. The van der Waals surface area contributed by atoms with Crippen LogP contribution in [-0.4, -0.2) is 18.5 Å². The van der Waals surface area contributed by atoms with Crippen LogP contribution in [0, 0.1) is 5.82 Å². The van der Waals surface area contributed by atoms with Crippen molar-refractivity contribution in [2.45, 2.75) is 19.0 Å². The molecule has 0 aliphatic rings. The maximum absolute atomic E-state index is 13.6. The van der Waals surface area contributed by atoms with Gasteiger partial charge >= 0.3 is 0 Å². The van der Waals surface area contributed by atoms with Crippen molar-refractivity contribution in [3.63, 3.8) is 0 Å². The van der Waals surface area contributed by atoms with Gasteiger partial charge in [-0.2, -0.15) is 0 Å². The largest absolute Gasteiger partial charge is 0.329 e. The minimum Gasteiger partial charge on any atom is -0.329 e. The average Bonchev–Trinajstić information content (AvgIpc) is 2.96. The van der Waals surface area contributed by atoms with E-state index in [1.165, 1.54) is 10.9 Å². The Bertz CT molecular complexity index is 559. The Balaban J connectivity index is 2.24. The van der Waals surface area contributed by atoms with Crippen LogP contribution >= 0.6 is 22.9 Å². The fourth-order valence-electron chi connectivity index (χ4n) is 2.26. The molecule has 0 bridgehead atoms. The summed E-state index contributed by atoms with van der Waals surface area (Å²) in [6.07, 6.45) is 0. The lowest BCUT2D eigenvalue weighted by molar-refractivity contribution is 0.192. The molecule has 5 heteroatoms. The molecule has 0 saturated heterocycles. The van der Waals surface area contributed by atoms with Crippen LogP contribution in [0.4, 0.5) is 4.39 Å². The monoisotopic (exact) mass is 312 g/mol. The molecule has 1 heterocycles. The molecule has 0 amide bonds. The van der Waals surface area contributed by atoms with E-state index in [-0.39, 0.29) is 17.1 Å². The highest BCUT2D eigenvalue weighted by atomic mass is 35.5. The molecule has 2 unspecified atom stereocenters. The summed E-state index contributed by atoms with van der Waals surface area (Å²) in [6.45, 7) is 2.55. The zero-order chi connectivity index (χ0) is 14.7. The second-order valence-electron chi connectivity index (χ2n) is 4.78. The molecule has 0 saturated carbocycles. The predicted molar refractivity (Wildman–Crippen MR) is 83.7 cm³/mol. The van der Waals surface area contributed by atoms with Gasteiger partial charge in [0, 0.05) is 23.5 Å². The van der Waals surface area contributed by atoms with E-state index >= 15 is 0 Å². The maximum Gasteiger partial charge on any atom is 0.142 e. The molecule has 2 rings (SSSR count). The first-order chi connectivity index (χ1) is 9.54. The molecule has 0 radical (unpaired) electrons. The number of rotatable bonds is 5. The highest BCUT2D eigenvalue weighted by Gasteiger charge is 2.22. The summed E-state index contributed by atoms with van der Waals surface area (Å²) in [6, 6.07) is 9.20. The van der Waals surface area contributed by atoms with Crippen LogP contribution in [0.5, 0.6) is 0 Å². The van der Waals surface area contributed by atoms with Gasteiger partial charge in [0.1, 0.15) is 5.82 Å². The van der Waals surface area contributed by atoms with E-state index in [0.29, 0.717) is 6.54 Å². The van der Waals surface area contributed by atoms with E-state index in [4.69, 9.17) is 17.3 Å². The van der Waals surface area contributed by atoms with Gasteiger partial charge in [-0.3, -0.25) is 4.90 Å². The lowest BCUT2D eigenvalue weighted by Gasteiger charge is -2.32. The summed E-state index contributed by atoms with van der Waals surface area (Å²) in [4.78, 5) is 3.43. The van der Waals surface area contributed by atoms with Crippen LogP contribution in [0.1, 0.15) is 29.4 Å². The maximum atomic E-state index is 13.6. The van der Waals surface area contributed by atoms with Crippen molar-refractivity contribution in [1.29, 1.82) is 0 Å². The van der Waals surface area contributed by atoms with Gasteiger partial charge in [0.25, 0.3) is 0 Å². The van der Waals surface area contributed by atoms with Crippen molar-refractivity contribution in [2.75, 3.05) is 13.6 Å². The standard InChI is InChI=1S/C15H18ClFN2S/c1-10(15-4-3-7-20-15)19(2)14(9-18)11-5-6-12(16)13(17)8-11/h3-8,10,14H,9,18H2,1-2H3. The van der Waals surface area contributed by atoms with Gasteiger partial charge in [-0.05, 0) is 43.1 Å². The van der Waals surface area contributed by atoms with E-state index in [2.05, 4.69) is 23.3 Å². The first-order valence-corrected chi connectivity index (χ1v) is 7.70. The molecule has 0 spiro atoms. The Hall–Kier alpha value is -0.940. The highest BCUT2D eigenvalue weighted by molar-refractivity contribution is 7.10. The van der Waals surface area contributed by atoms with Crippen LogP contribution in [0.3, 0.4) is 0 Å². The topological polar surface area (TPSA) is 29.3 Å². The smallest absolute Gasteiger partial charge is 0.142 e. The first kappa shape index (κ1) is 15.4. The third-order valence-corrected chi connectivity index (χ3v) is 4.96. The quantitative estimate of drug-likeness (QED) is 0.895. The number of halogens is 2.